The van der Waals surface area contributed by atoms with Crippen molar-refractivity contribution in [1.29, 1.82) is 0 Å². The molecule has 1 rings (SSSR count). The van der Waals surface area contributed by atoms with E-state index in [0.717, 1.165) is 28.7 Å². The first-order valence-electron chi connectivity index (χ1n) is 7.07. The fourth-order valence-corrected chi connectivity index (χ4v) is 2.67. The van der Waals surface area contributed by atoms with Crippen LogP contribution in [0.5, 0.6) is 0 Å². The zero-order chi connectivity index (χ0) is 15.3. The molecule has 0 heterocycles. The predicted octanol–water partition coefficient (Wildman–Crippen LogP) is 2.49. The van der Waals surface area contributed by atoms with E-state index in [-0.39, 0.29) is 6.42 Å². The molecular weight excluding hydrogens is 254 g/mol. The van der Waals surface area contributed by atoms with E-state index in [4.69, 9.17) is 5.11 Å². The summed E-state index contributed by atoms with van der Waals surface area (Å²) in [5.41, 5.74) is 3.99. The molecule has 0 aliphatic heterocycles. The van der Waals surface area contributed by atoms with Crippen LogP contribution in [0.1, 0.15) is 48.1 Å². The number of aliphatic hydroxyl groups excluding tert-OH is 1. The summed E-state index contributed by atoms with van der Waals surface area (Å²) in [6.45, 7) is 8.63. The standard InChI is InChI=1S/C16H25NO3/c1-5-6-17-13(9-14(18)19)16(20)15-11(3)7-10(2)8-12(15)4/h7-8,13,16-17,20H,5-6,9H2,1-4H3,(H,18,19). The van der Waals surface area contributed by atoms with Gasteiger partial charge in [-0.15, -0.1) is 0 Å². The molecule has 0 saturated heterocycles. The molecular formula is C16H25NO3. The van der Waals surface area contributed by atoms with Gasteiger partial charge in [-0.05, 0) is 50.4 Å². The fourth-order valence-electron chi connectivity index (χ4n) is 2.67. The maximum Gasteiger partial charge on any atom is 0.305 e. The highest BCUT2D eigenvalue weighted by molar-refractivity contribution is 5.67. The Morgan fingerprint density at radius 3 is 2.25 bits per heavy atom. The maximum atomic E-state index is 11.0. The number of aliphatic hydroxyl groups is 1. The Bertz CT molecular complexity index is 448. The Morgan fingerprint density at radius 2 is 1.80 bits per heavy atom. The Morgan fingerprint density at radius 1 is 1.25 bits per heavy atom. The molecule has 4 heteroatoms. The van der Waals surface area contributed by atoms with Crippen LogP contribution in [0.25, 0.3) is 0 Å². The van der Waals surface area contributed by atoms with Crippen molar-refractivity contribution in [1.82, 2.24) is 5.32 Å². The third-order valence-corrected chi connectivity index (χ3v) is 3.47. The van der Waals surface area contributed by atoms with Gasteiger partial charge in [0, 0.05) is 6.04 Å². The van der Waals surface area contributed by atoms with E-state index in [1.807, 2.05) is 39.8 Å². The number of hydrogen-bond donors (Lipinski definition) is 3. The first kappa shape index (κ1) is 16.7. The van der Waals surface area contributed by atoms with E-state index in [0.29, 0.717) is 6.54 Å². The lowest BCUT2D eigenvalue weighted by molar-refractivity contribution is -0.138. The smallest absolute Gasteiger partial charge is 0.305 e. The Hall–Kier alpha value is -1.39. The van der Waals surface area contributed by atoms with Gasteiger partial charge in [0.05, 0.1) is 12.5 Å². The molecule has 4 nitrogen and oxygen atoms in total. The van der Waals surface area contributed by atoms with Crippen molar-refractivity contribution < 1.29 is 15.0 Å². The number of benzene rings is 1. The average molecular weight is 279 g/mol. The Kier molecular flexibility index (Phi) is 6.17. The number of nitrogens with one attached hydrogen (secondary N) is 1. The number of aryl methyl sites for hydroxylation is 3. The lowest BCUT2D eigenvalue weighted by Gasteiger charge is -2.26. The lowest BCUT2D eigenvalue weighted by Crippen LogP contribution is -2.38. The SMILES string of the molecule is CCCNC(CC(=O)O)C(O)c1c(C)cc(C)cc1C. The highest BCUT2D eigenvalue weighted by Crippen LogP contribution is 2.27. The topological polar surface area (TPSA) is 69.6 Å². The number of carboxylic acids is 1. The monoisotopic (exact) mass is 279 g/mol. The van der Waals surface area contributed by atoms with Crippen LogP contribution in [0.2, 0.25) is 0 Å². The van der Waals surface area contributed by atoms with E-state index < -0.39 is 18.1 Å². The molecule has 0 spiro atoms. The maximum absolute atomic E-state index is 11.0. The Balaban J connectivity index is 3.04. The molecule has 0 aromatic heterocycles. The summed E-state index contributed by atoms with van der Waals surface area (Å²) in [5.74, 6) is -0.903. The molecule has 3 N–H and O–H groups in total. The van der Waals surface area contributed by atoms with Crippen LogP contribution in [0.3, 0.4) is 0 Å². The van der Waals surface area contributed by atoms with Gasteiger partial charge in [0.15, 0.2) is 0 Å². The first-order valence-corrected chi connectivity index (χ1v) is 7.07. The molecule has 1 aromatic rings. The number of carbonyl (C=O) groups is 1. The van der Waals surface area contributed by atoms with Crippen molar-refractivity contribution in [2.75, 3.05) is 6.54 Å². The number of carboxylic acid groups (broad SMARTS) is 1. The van der Waals surface area contributed by atoms with Gasteiger partial charge in [0.2, 0.25) is 0 Å². The molecule has 112 valence electrons. The minimum atomic E-state index is -0.903. The average Bonchev–Trinajstić information content (AvgIpc) is 2.32. The van der Waals surface area contributed by atoms with Gasteiger partial charge in [0.1, 0.15) is 0 Å². The van der Waals surface area contributed by atoms with Gasteiger partial charge < -0.3 is 15.5 Å². The number of rotatable bonds is 7. The summed E-state index contributed by atoms with van der Waals surface area (Å²) in [5, 5.41) is 22.7. The second-order valence-corrected chi connectivity index (χ2v) is 5.42. The minimum absolute atomic E-state index is 0.0894. The number of hydrogen-bond acceptors (Lipinski definition) is 3. The van der Waals surface area contributed by atoms with Gasteiger partial charge in [-0.1, -0.05) is 24.6 Å². The van der Waals surface area contributed by atoms with Gasteiger partial charge in [-0.2, -0.15) is 0 Å². The van der Waals surface area contributed by atoms with Gasteiger partial charge in [0.25, 0.3) is 0 Å². The quantitative estimate of drug-likeness (QED) is 0.717. The molecule has 0 amide bonds. The van der Waals surface area contributed by atoms with Crippen LogP contribution in [0, 0.1) is 20.8 Å². The van der Waals surface area contributed by atoms with E-state index in [2.05, 4.69) is 5.32 Å². The van der Waals surface area contributed by atoms with Crippen LogP contribution in [-0.2, 0) is 4.79 Å². The highest BCUT2D eigenvalue weighted by Gasteiger charge is 2.25. The summed E-state index contributed by atoms with van der Waals surface area (Å²) in [7, 11) is 0. The summed E-state index contributed by atoms with van der Waals surface area (Å²) >= 11 is 0. The van der Waals surface area contributed by atoms with Crippen molar-refractivity contribution in [3.63, 3.8) is 0 Å². The second-order valence-electron chi connectivity index (χ2n) is 5.42. The van der Waals surface area contributed by atoms with E-state index in [1.54, 1.807) is 0 Å². The van der Waals surface area contributed by atoms with Gasteiger partial charge in [-0.3, -0.25) is 4.79 Å². The summed E-state index contributed by atoms with van der Waals surface area (Å²) in [6, 6.07) is 3.57. The molecule has 0 bridgehead atoms. The molecule has 0 aliphatic carbocycles. The largest absolute Gasteiger partial charge is 0.481 e. The van der Waals surface area contributed by atoms with Crippen LogP contribution in [0.15, 0.2) is 12.1 Å². The molecule has 0 saturated carbocycles. The van der Waals surface area contributed by atoms with Gasteiger partial charge >= 0.3 is 5.97 Å². The van der Waals surface area contributed by atoms with Crippen LogP contribution in [-0.4, -0.2) is 28.8 Å². The minimum Gasteiger partial charge on any atom is -0.481 e. The van der Waals surface area contributed by atoms with Crippen molar-refractivity contribution in [2.45, 2.75) is 52.7 Å². The fraction of sp³-hybridized carbons (Fsp3) is 0.562. The predicted molar refractivity (Wildman–Crippen MR) is 79.9 cm³/mol. The van der Waals surface area contributed by atoms with Crippen molar-refractivity contribution in [3.05, 3.63) is 34.4 Å². The zero-order valence-electron chi connectivity index (χ0n) is 12.7. The lowest BCUT2D eigenvalue weighted by atomic mass is 9.91. The summed E-state index contributed by atoms with van der Waals surface area (Å²) in [6.07, 6.45) is 0.000983. The normalized spacial score (nSPS) is 14.1. The molecule has 0 radical (unpaired) electrons. The van der Waals surface area contributed by atoms with E-state index in [1.165, 1.54) is 0 Å². The van der Waals surface area contributed by atoms with Crippen LogP contribution < -0.4 is 5.32 Å². The molecule has 0 fully saturated rings. The Labute approximate surface area is 120 Å². The second kappa shape index (κ2) is 7.41. The molecule has 0 aliphatic rings. The molecule has 1 aromatic carbocycles. The number of aliphatic carboxylic acids is 1. The first-order chi connectivity index (χ1) is 9.36. The van der Waals surface area contributed by atoms with Gasteiger partial charge in [-0.25, -0.2) is 0 Å². The third kappa shape index (κ3) is 4.32. The summed E-state index contributed by atoms with van der Waals surface area (Å²) < 4.78 is 0. The molecule has 20 heavy (non-hydrogen) atoms. The van der Waals surface area contributed by atoms with Crippen molar-refractivity contribution in [3.8, 4) is 0 Å². The zero-order valence-corrected chi connectivity index (χ0v) is 12.7. The highest BCUT2D eigenvalue weighted by atomic mass is 16.4. The van der Waals surface area contributed by atoms with E-state index in [9.17, 15) is 9.90 Å². The van der Waals surface area contributed by atoms with Crippen molar-refractivity contribution >= 4 is 5.97 Å². The van der Waals surface area contributed by atoms with Crippen LogP contribution >= 0.6 is 0 Å². The van der Waals surface area contributed by atoms with E-state index >= 15 is 0 Å². The molecule has 2 atom stereocenters. The van der Waals surface area contributed by atoms with Crippen molar-refractivity contribution in [2.24, 2.45) is 0 Å². The summed E-state index contributed by atoms with van der Waals surface area (Å²) in [4.78, 5) is 11.0. The van der Waals surface area contributed by atoms with Crippen LogP contribution in [0.4, 0.5) is 0 Å². The molecule has 2 unspecified atom stereocenters. The third-order valence-electron chi connectivity index (χ3n) is 3.47.